The molecule has 2 aliphatic rings. The summed E-state index contributed by atoms with van der Waals surface area (Å²) in [5.74, 6) is 0.916. The van der Waals surface area contributed by atoms with Crippen LogP contribution in [0.5, 0.6) is 5.75 Å². The topological polar surface area (TPSA) is 38.5 Å². The molecule has 3 nitrogen and oxygen atoms in total. The van der Waals surface area contributed by atoms with Crippen molar-refractivity contribution < 1.29 is 4.74 Å². The summed E-state index contributed by atoms with van der Waals surface area (Å²) in [5, 5.41) is 0. The normalized spacial score (nSPS) is 22.7. The molecule has 1 aromatic rings. The van der Waals surface area contributed by atoms with Gasteiger partial charge in [0.1, 0.15) is 11.9 Å². The molecule has 0 radical (unpaired) electrons. The number of benzene rings is 1. The van der Waals surface area contributed by atoms with Crippen LogP contribution in [0.15, 0.2) is 24.3 Å². The van der Waals surface area contributed by atoms with E-state index in [1.54, 1.807) is 0 Å². The molecular weight excluding hydrogens is 236 g/mol. The molecule has 2 N–H and O–H groups in total. The zero-order chi connectivity index (χ0) is 13.1. The molecule has 19 heavy (non-hydrogen) atoms. The summed E-state index contributed by atoms with van der Waals surface area (Å²) in [4.78, 5) is 2.67. The van der Waals surface area contributed by atoms with Crippen molar-refractivity contribution in [2.45, 2.75) is 50.7 Å². The van der Waals surface area contributed by atoms with Crippen LogP contribution in [0.3, 0.4) is 0 Å². The SMILES string of the molecule is Nc1cccc(OC2CCN(C3CCCC3)CC2)c1. The van der Waals surface area contributed by atoms with Gasteiger partial charge in [0.25, 0.3) is 0 Å². The molecule has 104 valence electrons. The lowest BCUT2D eigenvalue weighted by Crippen LogP contribution is -2.43. The summed E-state index contributed by atoms with van der Waals surface area (Å²) < 4.78 is 6.04. The van der Waals surface area contributed by atoms with Crippen molar-refractivity contribution in [2.24, 2.45) is 0 Å². The summed E-state index contributed by atoms with van der Waals surface area (Å²) in [6, 6.07) is 8.63. The molecule has 1 saturated heterocycles. The number of nitrogens with zero attached hydrogens (tertiary/aromatic N) is 1. The highest BCUT2D eigenvalue weighted by atomic mass is 16.5. The van der Waals surface area contributed by atoms with E-state index in [9.17, 15) is 0 Å². The second-order valence-corrected chi connectivity index (χ2v) is 5.86. The molecule has 3 heteroatoms. The number of likely N-dealkylation sites (tertiary alicyclic amines) is 1. The van der Waals surface area contributed by atoms with E-state index in [0.29, 0.717) is 6.10 Å². The monoisotopic (exact) mass is 260 g/mol. The van der Waals surface area contributed by atoms with Crippen LogP contribution in [0, 0.1) is 0 Å². The summed E-state index contributed by atoms with van der Waals surface area (Å²) in [6.07, 6.45) is 8.30. The fourth-order valence-electron chi connectivity index (χ4n) is 3.41. The average Bonchev–Trinajstić information content (AvgIpc) is 2.94. The predicted molar refractivity (Wildman–Crippen MR) is 78.3 cm³/mol. The van der Waals surface area contributed by atoms with Crippen molar-refractivity contribution in [3.8, 4) is 5.75 Å². The number of anilines is 1. The van der Waals surface area contributed by atoms with Gasteiger partial charge in [0, 0.05) is 30.9 Å². The second kappa shape index (κ2) is 5.83. The first kappa shape index (κ1) is 12.8. The number of ether oxygens (including phenoxy) is 1. The second-order valence-electron chi connectivity index (χ2n) is 5.86. The van der Waals surface area contributed by atoms with Crippen molar-refractivity contribution in [3.05, 3.63) is 24.3 Å². The number of hydrogen-bond donors (Lipinski definition) is 1. The molecule has 1 aliphatic carbocycles. The van der Waals surface area contributed by atoms with Gasteiger partial charge < -0.3 is 15.4 Å². The molecule has 0 bridgehead atoms. The van der Waals surface area contributed by atoms with Crippen molar-refractivity contribution in [2.75, 3.05) is 18.8 Å². The van der Waals surface area contributed by atoms with E-state index in [-0.39, 0.29) is 0 Å². The molecular formula is C16H24N2O. The van der Waals surface area contributed by atoms with E-state index >= 15 is 0 Å². The Bertz CT molecular complexity index is 407. The third-order valence-corrected chi connectivity index (χ3v) is 4.48. The van der Waals surface area contributed by atoms with Crippen LogP contribution in [0.2, 0.25) is 0 Å². The van der Waals surface area contributed by atoms with Crippen LogP contribution in [-0.4, -0.2) is 30.1 Å². The Balaban J connectivity index is 1.50. The smallest absolute Gasteiger partial charge is 0.121 e. The van der Waals surface area contributed by atoms with Crippen molar-refractivity contribution >= 4 is 5.69 Å². The van der Waals surface area contributed by atoms with Crippen molar-refractivity contribution in [1.29, 1.82) is 0 Å². The molecule has 0 amide bonds. The van der Waals surface area contributed by atoms with E-state index in [0.717, 1.165) is 30.3 Å². The molecule has 0 aromatic heterocycles. The quantitative estimate of drug-likeness (QED) is 0.849. The first-order valence-corrected chi connectivity index (χ1v) is 7.57. The van der Waals surface area contributed by atoms with Crippen LogP contribution in [0.4, 0.5) is 5.69 Å². The predicted octanol–water partition coefficient (Wildman–Crippen LogP) is 3.05. The van der Waals surface area contributed by atoms with Crippen molar-refractivity contribution in [3.63, 3.8) is 0 Å². The number of nitrogens with two attached hydrogens (primary N) is 1. The van der Waals surface area contributed by atoms with E-state index < -0.39 is 0 Å². The largest absolute Gasteiger partial charge is 0.490 e. The fraction of sp³-hybridized carbons (Fsp3) is 0.625. The fourth-order valence-corrected chi connectivity index (χ4v) is 3.41. The first-order chi connectivity index (χ1) is 9.31. The van der Waals surface area contributed by atoms with Crippen molar-refractivity contribution in [1.82, 2.24) is 4.90 Å². The van der Waals surface area contributed by atoms with Crippen LogP contribution < -0.4 is 10.5 Å². The summed E-state index contributed by atoms with van der Waals surface area (Å²) in [7, 11) is 0. The van der Waals surface area contributed by atoms with E-state index in [1.165, 1.54) is 38.8 Å². The molecule has 3 rings (SSSR count). The lowest BCUT2D eigenvalue weighted by molar-refractivity contribution is 0.0768. The van der Waals surface area contributed by atoms with Gasteiger partial charge in [-0.25, -0.2) is 0 Å². The lowest BCUT2D eigenvalue weighted by atomic mass is 10.0. The van der Waals surface area contributed by atoms with E-state index in [2.05, 4.69) is 4.90 Å². The van der Waals surface area contributed by atoms with Gasteiger partial charge >= 0.3 is 0 Å². The van der Waals surface area contributed by atoms with Gasteiger partial charge in [0.15, 0.2) is 0 Å². The molecule has 0 spiro atoms. The van der Waals surface area contributed by atoms with Crippen LogP contribution in [0.1, 0.15) is 38.5 Å². The molecule has 1 heterocycles. The minimum atomic E-state index is 0.361. The Morgan fingerprint density at radius 3 is 2.47 bits per heavy atom. The Morgan fingerprint density at radius 1 is 1.05 bits per heavy atom. The average molecular weight is 260 g/mol. The van der Waals surface area contributed by atoms with Crippen LogP contribution in [-0.2, 0) is 0 Å². The Labute approximate surface area is 115 Å². The minimum Gasteiger partial charge on any atom is -0.490 e. The highest BCUT2D eigenvalue weighted by molar-refractivity contribution is 5.43. The summed E-state index contributed by atoms with van der Waals surface area (Å²) in [5.41, 5.74) is 6.56. The minimum absolute atomic E-state index is 0.361. The first-order valence-electron chi connectivity index (χ1n) is 7.57. The zero-order valence-corrected chi connectivity index (χ0v) is 11.6. The maximum Gasteiger partial charge on any atom is 0.121 e. The molecule has 1 aromatic carbocycles. The van der Waals surface area contributed by atoms with Gasteiger partial charge in [0.2, 0.25) is 0 Å². The maximum absolute atomic E-state index is 6.04. The number of hydrogen-bond acceptors (Lipinski definition) is 3. The third-order valence-electron chi connectivity index (χ3n) is 4.48. The van der Waals surface area contributed by atoms with Gasteiger partial charge in [-0.2, -0.15) is 0 Å². The van der Waals surface area contributed by atoms with Gasteiger partial charge in [-0.05, 0) is 37.8 Å². The number of piperidine rings is 1. The summed E-state index contributed by atoms with van der Waals surface area (Å²) >= 11 is 0. The number of rotatable bonds is 3. The Hall–Kier alpha value is -1.22. The number of nitrogen functional groups attached to an aromatic ring is 1. The Kier molecular flexibility index (Phi) is 3.92. The van der Waals surface area contributed by atoms with E-state index in [4.69, 9.17) is 10.5 Å². The summed E-state index contributed by atoms with van der Waals surface area (Å²) in [6.45, 7) is 2.38. The zero-order valence-electron chi connectivity index (χ0n) is 11.6. The van der Waals surface area contributed by atoms with Gasteiger partial charge in [-0.3, -0.25) is 0 Å². The van der Waals surface area contributed by atoms with Gasteiger partial charge in [-0.1, -0.05) is 18.9 Å². The molecule has 0 unspecified atom stereocenters. The van der Waals surface area contributed by atoms with Crippen LogP contribution in [0.25, 0.3) is 0 Å². The van der Waals surface area contributed by atoms with Gasteiger partial charge in [-0.15, -0.1) is 0 Å². The van der Waals surface area contributed by atoms with Gasteiger partial charge in [0.05, 0.1) is 0 Å². The molecule has 1 saturated carbocycles. The maximum atomic E-state index is 6.04. The third kappa shape index (κ3) is 3.21. The lowest BCUT2D eigenvalue weighted by Gasteiger charge is -2.36. The molecule has 0 atom stereocenters. The Morgan fingerprint density at radius 2 is 1.79 bits per heavy atom. The highest BCUT2D eigenvalue weighted by Crippen LogP contribution is 2.27. The molecule has 1 aliphatic heterocycles. The van der Waals surface area contributed by atoms with Crippen LogP contribution >= 0.6 is 0 Å². The molecule has 2 fully saturated rings. The standard InChI is InChI=1S/C16H24N2O/c17-13-4-3-7-16(12-13)19-15-8-10-18(11-9-15)14-5-1-2-6-14/h3-4,7,12,14-15H,1-2,5-6,8-11,17H2. The highest BCUT2D eigenvalue weighted by Gasteiger charge is 2.27. The van der Waals surface area contributed by atoms with E-state index in [1.807, 2.05) is 24.3 Å².